The Labute approximate surface area is 125 Å². The number of guanidine groups is 1. The molecule has 0 aromatic carbocycles. The highest BCUT2D eigenvalue weighted by molar-refractivity contribution is 14.0. The number of hydrogen-bond acceptors (Lipinski definition) is 2. The molecule has 0 aliphatic heterocycles. The zero-order valence-corrected chi connectivity index (χ0v) is 13.3. The summed E-state index contributed by atoms with van der Waals surface area (Å²) in [7, 11) is 0. The van der Waals surface area contributed by atoms with Gasteiger partial charge in [-0.2, -0.15) is 0 Å². The van der Waals surface area contributed by atoms with E-state index in [1.807, 2.05) is 17.1 Å². The lowest BCUT2D eigenvalue weighted by Gasteiger charge is -2.10. The molecule has 0 amide bonds. The highest BCUT2D eigenvalue weighted by Crippen LogP contribution is 2.28. The predicted molar refractivity (Wildman–Crippen MR) is 84.3 cm³/mol. The van der Waals surface area contributed by atoms with Crippen molar-refractivity contribution >= 4 is 29.9 Å². The van der Waals surface area contributed by atoms with Crippen LogP contribution < -0.4 is 10.6 Å². The summed E-state index contributed by atoms with van der Waals surface area (Å²) >= 11 is 0. The van der Waals surface area contributed by atoms with Gasteiger partial charge >= 0.3 is 0 Å². The standard InChI is InChI=1S/C12H21N5.HI/c1-3-14-12(16-11-8-10(11)2)15-5-7-17-6-4-13-9-17;/h4,6,9-11H,3,5,7-8H2,1-2H3,(H2,14,15,16);1H. The van der Waals surface area contributed by atoms with Gasteiger partial charge in [-0.3, -0.25) is 4.99 Å². The van der Waals surface area contributed by atoms with Gasteiger partial charge in [0.05, 0.1) is 12.9 Å². The Morgan fingerprint density at radius 3 is 2.89 bits per heavy atom. The van der Waals surface area contributed by atoms with Gasteiger partial charge in [-0.25, -0.2) is 4.98 Å². The molecule has 1 fully saturated rings. The van der Waals surface area contributed by atoms with Gasteiger partial charge in [0.15, 0.2) is 5.96 Å². The minimum Gasteiger partial charge on any atom is -0.357 e. The van der Waals surface area contributed by atoms with Crippen LogP contribution in [-0.4, -0.2) is 34.6 Å². The van der Waals surface area contributed by atoms with E-state index in [1.54, 1.807) is 6.20 Å². The summed E-state index contributed by atoms with van der Waals surface area (Å²) in [5.41, 5.74) is 0. The summed E-state index contributed by atoms with van der Waals surface area (Å²) in [5, 5.41) is 6.70. The third kappa shape index (κ3) is 4.83. The summed E-state index contributed by atoms with van der Waals surface area (Å²) in [6, 6.07) is 0.612. The maximum Gasteiger partial charge on any atom is 0.191 e. The molecule has 18 heavy (non-hydrogen) atoms. The van der Waals surface area contributed by atoms with Crippen molar-refractivity contribution in [1.29, 1.82) is 0 Å². The van der Waals surface area contributed by atoms with Crippen molar-refractivity contribution in [3.63, 3.8) is 0 Å². The van der Waals surface area contributed by atoms with Crippen LogP contribution >= 0.6 is 24.0 Å². The van der Waals surface area contributed by atoms with E-state index in [2.05, 4.69) is 34.5 Å². The van der Waals surface area contributed by atoms with E-state index in [0.717, 1.165) is 31.5 Å². The average molecular weight is 363 g/mol. The summed E-state index contributed by atoms with van der Waals surface area (Å²) in [4.78, 5) is 8.56. The number of nitrogens with zero attached hydrogens (tertiary/aromatic N) is 3. The fourth-order valence-electron chi connectivity index (χ4n) is 1.72. The van der Waals surface area contributed by atoms with E-state index in [9.17, 15) is 0 Å². The van der Waals surface area contributed by atoms with Gasteiger partial charge in [0.1, 0.15) is 0 Å². The normalized spacial score (nSPS) is 22.2. The van der Waals surface area contributed by atoms with E-state index in [0.29, 0.717) is 6.04 Å². The Balaban J connectivity index is 0.00000162. The minimum absolute atomic E-state index is 0. The minimum atomic E-state index is 0. The van der Waals surface area contributed by atoms with Crippen LogP contribution in [0, 0.1) is 5.92 Å². The number of imidazole rings is 1. The number of hydrogen-bond donors (Lipinski definition) is 2. The van der Waals surface area contributed by atoms with Crippen molar-refractivity contribution in [2.75, 3.05) is 13.1 Å². The molecule has 2 rings (SSSR count). The third-order valence-corrected chi connectivity index (χ3v) is 2.96. The van der Waals surface area contributed by atoms with Crippen molar-refractivity contribution < 1.29 is 0 Å². The quantitative estimate of drug-likeness (QED) is 0.473. The average Bonchev–Trinajstić information content (AvgIpc) is 2.81. The van der Waals surface area contributed by atoms with Crippen LogP contribution in [0.2, 0.25) is 0 Å². The molecular formula is C12H22IN5. The molecular weight excluding hydrogens is 341 g/mol. The predicted octanol–water partition coefficient (Wildman–Crippen LogP) is 1.46. The van der Waals surface area contributed by atoms with Crippen LogP contribution in [0.3, 0.4) is 0 Å². The molecule has 2 unspecified atom stereocenters. The smallest absolute Gasteiger partial charge is 0.191 e. The largest absolute Gasteiger partial charge is 0.357 e. The topological polar surface area (TPSA) is 54.2 Å². The molecule has 0 bridgehead atoms. The van der Waals surface area contributed by atoms with Crippen LogP contribution in [0.25, 0.3) is 0 Å². The van der Waals surface area contributed by atoms with Gasteiger partial charge in [-0.1, -0.05) is 6.92 Å². The lowest BCUT2D eigenvalue weighted by molar-refractivity contribution is 0.695. The number of rotatable bonds is 5. The molecule has 1 saturated carbocycles. The van der Waals surface area contributed by atoms with Crippen molar-refractivity contribution in [3.05, 3.63) is 18.7 Å². The monoisotopic (exact) mass is 363 g/mol. The molecule has 6 heteroatoms. The summed E-state index contributed by atoms with van der Waals surface area (Å²) in [5.74, 6) is 1.72. The maximum atomic E-state index is 4.55. The Kier molecular flexibility index (Phi) is 6.45. The SMILES string of the molecule is CCNC(=NCCn1ccnc1)NC1CC1C.I. The van der Waals surface area contributed by atoms with Crippen molar-refractivity contribution in [2.45, 2.75) is 32.9 Å². The lowest BCUT2D eigenvalue weighted by atomic mass is 10.5. The van der Waals surface area contributed by atoms with Crippen LogP contribution in [0.5, 0.6) is 0 Å². The molecule has 1 aromatic rings. The number of halogens is 1. The van der Waals surface area contributed by atoms with Gasteiger partial charge in [0, 0.05) is 31.5 Å². The van der Waals surface area contributed by atoms with E-state index < -0.39 is 0 Å². The lowest BCUT2D eigenvalue weighted by Crippen LogP contribution is -2.39. The first kappa shape index (κ1) is 15.3. The molecule has 1 aromatic heterocycles. The molecule has 0 spiro atoms. The van der Waals surface area contributed by atoms with Crippen LogP contribution in [0.15, 0.2) is 23.7 Å². The highest BCUT2D eigenvalue weighted by Gasteiger charge is 2.33. The Hall–Kier alpha value is -0.790. The van der Waals surface area contributed by atoms with Gasteiger partial charge in [0.2, 0.25) is 0 Å². The Morgan fingerprint density at radius 2 is 2.33 bits per heavy atom. The molecule has 102 valence electrons. The van der Waals surface area contributed by atoms with Crippen molar-refractivity contribution in [1.82, 2.24) is 20.2 Å². The van der Waals surface area contributed by atoms with E-state index in [1.165, 1.54) is 6.42 Å². The van der Waals surface area contributed by atoms with Gasteiger partial charge in [0.25, 0.3) is 0 Å². The molecule has 0 saturated heterocycles. The van der Waals surface area contributed by atoms with Crippen LogP contribution in [0.4, 0.5) is 0 Å². The van der Waals surface area contributed by atoms with Gasteiger partial charge < -0.3 is 15.2 Å². The van der Waals surface area contributed by atoms with E-state index in [-0.39, 0.29) is 24.0 Å². The summed E-state index contributed by atoms with van der Waals surface area (Å²) in [6.07, 6.45) is 6.82. The molecule has 2 atom stereocenters. The van der Waals surface area contributed by atoms with Crippen LogP contribution in [0.1, 0.15) is 20.3 Å². The molecule has 1 aliphatic rings. The second-order valence-corrected chi connectivity index (χ2v) is 4.52. The fourth-order valence-corrected chi connectivity index (χ4v) is 1.72. The molecule has 2 N–H and O–H groups in total. The molecule has 0 radical (unpaired) electrons. The fraction of sp³-hybridized carbons (Fsp3) is 0.667. The first-order valence-corrected chi connectivity index (χ1v) is 6.30. The van der Waals surface area contributed by atoms with Gasteiger partial charge in [-0.15, -0.1) is 24.0 Å². The Bertz CT molecular complexity index is 363. The maximum absolute atomic E-state index is 4.55. The molecule has 1 heterocycles. The number of aliphatic imine (C=N–C) groups is 1. The van der Waals surface area contributed by atoms with Crippen molar-refractivity contribution in [2.24, 2.45) is 10.9 Å². The van der Waals surface area contributed by atoms with Crippen molar-refractivity contribution in [3.8, 4) is 0 Å². The number of aromatic nitrogens is 2. The van der Waals surface area contributed by atoms with Crippen LogP contribution in [-0.2, 0) is 6.54 Å². The summed E-state index contributed by atoms with van der Waals surface area (Å²) in [6.45, 7) is 6.89. The zero-order valence-electron chi connectivity index (χ0n) is 11.0. The zero-order chi connectivity index (χ0) is 12.1. The van der Waals surface area contributed by atoms with E-state index in [4.69, 9.17) is 0 Å². The first-order chi connectivity index (χ1) is 8.29. The molecule has 1 aliphatic carbocycles. The first-order valence-electron chi connectivity index (χ1n) is 6.30. The number of nitrogens with one attached hydrogen (secondary N) is 2. The van der Waals surface area contributed by atoms with E-state index >= 15 is 0 Å². The summed E-state index contributed by atoms with van der Waals surface area (Å²) < 4.78 is 2.03. The third-order valence-electron chi connectivity index (χ3n) is 2.96. The second kappa shape index (κ2) is 7.60. The highest BCUT2D eigenvalue weighted by atomic mass is 127. The second-order valence-electron chi connectivity index (χ2n) is 4.52. The van der Waals surface area contributed by atoms with Gasteiger partial charge in [-0.05, 0) is 19.3 Å². The molecule has 5 nitrogen and oxygen atoms in total. The Morgan fingerprint density at radius 1 is 1.56 bits per heavy atom.